The summed E-state index contributed by atoms with van der Waals surface area (Å²) in [6.07, 6.45) is 1.81. The van der Waals surface area contributed by atoms with Gasteiger partial charge in [-0.15, -0.1) is 0 Å². The summed E-state index contributed by atoms with van der Waals surface area (Å²) < 4.78 is 0.963. The second kappa shape index (κ2) is 5.93. The molecule has 126 valence electrons. The lowest BCUT2D eigenvalue weighted by atomic mass is 9.94. The number of nitrogens with zero attached hydrogens (tertiary/aromatic N) is 1. The first kappa shape index (κ1) is 15.7. The van der Waals surface area contributed by atoms with Crippen LogP contribution in [0.2, 0.25) is 0 Å². The van der Waals surface area contributed by atoms with E-state index in [0.29, 0.717) is 29.2 Å². The fourth-order valence-corrected chi connectivity index (χ4v) is 3.95. The van der Waals surface area contributed by atoms with Crippen molar-refractivity contribution < 1.29 is 9.59 Å². The van der Waals surface area contributed by atoms with Crippen LogP contribution in [0.1, 0.15) is 44.8 Å². The molecule has 1 aromatic carbocycles. The summed E-state index contributed by atoms with van der Waals surface area (Å²) in [6, 6.07) is 7.24. The van der Waals surface area contributed by atoms with Crippen molar-refractivity contribution >= 4 is 38.4 Å². The van der Waals surface area contributed by atoms with Crippen molar-refractivity contribution in [3.63, 3.8) is 0 Å². The number of aryl methyl sites for hydroxylation is 2. The lowest BCUT2D eigenvalue weighted by Crippen LogP contribution is -2.27. The van der Waals surface area contributed by atoms with Gasteiger partial charge in [0.1, 0.15) is 5.56 Å². The molecule has 0 bridgehead atoms. The third kappa shape index (κ3) is 2.87. The number of anilines is 1. The number of fused-ring (bicyclic) bond motifs is 2. The second-order valence-electron chi connectivity index (χ2n) is 6.13. The number of H-pyrrole nitrogens is 1. The van der Waals surface area contributed by atoms with Crippen molar-refractivity contribution in [1.82, 2.24) is 9.97 Å². The van der Waals surface area contributed by atoms with E-state index in [1.807, 2.05) is 25.1 Å². The molecule has 0 saturated heterocycles. The molecule has 0 atom stereocenters. The van der Waals surface area contributed by atoms with Crippen molar-refractivity contribution in [3.05, 3.63) is 57.0 Å². The summed E-state index contributed by atoms with van der Waals surface area (Å²) in [5, 5.41) is 3.09. The molecule has 0 spiro atoms. The van der Waals surface area contributed by atoms with Gasteiger partial charge in [0.25, 0.3) is 11.5 Å². The van der Waals surface area contributed by atoms with E-state index < -0.39 is 11.5 Å². The van der Waals surface area contributed by atoms with Gasteiger partial charge in [-0.05, 0) is 43.5 Å². The summed E-state index contributed by atoms with van der Waals surface area (Å²) in [6.45, 7) is 1.99. The fourth-order valence-electron chi connectivity index (χ4n) is 2.99. The molecule has 6 nitrogen and oxygen atoms in total. The molecule has 0 unspecified atom stereocenters. The number of aromatic amines is 1. The molecule has 0 radical (unpaired) electrons. The predicted molar refractivity (Wildman–Crippen MR) is 96.6 cm³/mol. The normalized spacial score (nSPS) is 13.7. The van der Waals surface area contributed by atoms with Gasteiger partial charge in [-0.2, -0.15) is 0 Å². The molecule has 0 aliphatic heterocycles. The Bertz CT molecular complexity index is 1080. The summed E-state index contributed by atoms with van der Waals surface area (Å²) >= 11 is 1.35. The number of aromatic nitrogens is 2. The number of ketones is 1. The van der Waals surface area contributed by atoms with Crippen molar-refractivity contribution in [2.45, 2.75) is 26.2 Å². The number of benzene rings is 1. The maximum atomic E-state index is 12.5. The largest absolute Gasteiger partial charge is 0.325 e. The third-order valence-corrected chi connectivity index (χ3v) is 5.20. The minimum absolute atomic E-state index is 0.0398. The molecule has 1 aliphatic carbocycles. The average Bonchev–Trinajstić information content (AvgIpc) is 2.95. The van der Waals surface area contributed by atoms with E-state index in [9.17, 15) is 14.4 Å². The Balaban J connectivity index is 1.67. The zero-order valence-electron chi connectivity index (χ0n) is 13.5. The van der Waals surface area contributed by atoms with Gasteiger partial charge in [-0.25, -0.2) is 4.98 Å². The first-order chi connectivity index (χ1) is 12.0. The van der Waals surface area contributed by atoms with Crippen molar-refractivity contribution in [2.24, 2.45) is 0 Å². The van der Waals surface area contributed by atoms with Crippen LogP contribution < -0.4 is 10.9 Å². The molecule has 0 saturated carbocycles. The third-order valence-electron chi connectivity index (χ3n) is 4.26. The topological polar surface area (TPSA) is 91.9 Å². The standard InChI is InChI=1S/C18H15N3O3S/c1-9-5-6-13-15(7-9)25-18(20-13)21-17(24)11-8-10-12(19-16(11)23)3-2-4-14(10)22/h5-8H,2-4H2,1H3,(H,19,23)(H,20,21,24). The molecule has 4 rings (SSSR count). The van der Waals surface area contributed by atoms with Crippen LogP contribution in [0.4, 0.5) is 5.13 Å². The second-order valence-corrected chi connectivity index (χ2v) is 7.16. The maximum absolute atomic E-state index is 12.5. The Morgan fingerprint density at radius 1 is 1.24 bits per heavy atom. The molecule has 0 fully saturated rings. The smallest absolute Gasteiger partial charge is 0.263 e. The number of carbonyl (C=O) groups is 2. The number of carbonyl (C=O) groups excluding carboxylic acids is 2. The minimum atomic E-state index is -0.557. The van der Waals surface area contributed by atoms with Gasteiger partial charge in [-0.3, -0.25) is 19.7 Å². The van der Waals surface area contributed by atoms with Gasteiger partial charge >= 0.3 is 0 Å². The number of thiazole rings is 1. The summed E-state index contributed by atoms with van der Waals surface area (Å²) in [4.78, 5) is 43.7. The van der Waals surface area contributed by atoms with Crippen LogP contribution >= 0.6 is 11.3 Å². The van der Waals surface area contributed by atoms with E-state index in [2.05, 4.69) is 15.3 Å². The first-order valence-electron chi connectivity index (χ1n) is 7.99. The van der Waals surface area contributed by atoms with Gasteiger partial charge in [-0.1, -0.05) is 17.4 Å². The summed E-state index contributed by atoms with van der Waals surface area (Å²) in [5.41, 5.74) is 2.41. The zero-order valence-corrected chi connectivity index (χ0v) is 14.3. The number of Topliss-reactive ketones (excluding diaryl/α,β-unsaturated/α-hetero) is 1. The van der Waals surface area contributed by atoms with Crippen LogP contribution in [-0.4, -0.2) is 21.7 Å². The zero-order chi connectivity index (χ0) is 17.6. The van der Waals surface area contributed by atoms with Crippen LogP contribution in [-0.2, 0) is 6.42 Å². The Hall–Kier alpha value is -2.80. The van der Waals surface area contributed by atoms with Gasteiger partial charge in [0, 0.05) is 17.7 Å². The van der Waals surface area contributed by atoms with Gasteiger partial charge in [0.05, 0.1) is 10.2 Å². The summed E-state index contributed by atoms with van der Waals surface area (Å²) in [7, 11) is 0. The Labute approximate surface area is 146 Å². The highest BCUT2D eigenvalue weighted by Crippen LogP contribution is 2.27. The van der Waals surface area contributed by atoms with E-state index in [-0.39, 0.29) is 11.3 Å². The number of hydrogen-bond donors (Lipinski definition) is 2. The highest BCUT2D eigenvalue weighted by Gasteiger charge is 2.22. The maximum Gasteiger partial charge on any atom is 0.263 e. The Kier molecular flexibility index (Phi) is 3.73. The van der Waals surface area contributed by atoms with E-state index >= 15 is 0 Å². The van der Waals surface area contributed by atoms with Crippen LogP contribution in [0.15, 0.2) is 29.1 Å². The lowest BCUT2D eigenvalue weighted by molar-refractivity contribution is 0.0971. The molecule has 1 aliphatic rings. The van der Waals surface area contributed by atoms with Crippen LogP contribution in [0, 0.1) is 6.92 Å². The SMILES string of the molecule is Cc1ccc2nc(NC(=O)c3cc4c([nH]c3=O)CCCC4=O)sc2c1. The average molecular weight is 353 g/mol. The first-order valence-corrected chi connectivity index (χ1v) is 8.81. The number of hydrogen-bond acceptors (Lipinski definition) is 5. The monoisotopic (exact) mass is 353 g/mol. The number of rotatable bonds is 2. The fraction of sp³-hybridized carbons (Fsp3) is 0.222. The molecule has 1 amide bonds. The summed E-state index contributed by atoms with van der Waals surface area (Å²) in [5.74, 6) is -0.597. The van der Waals surface area contributed by atoms with E-state index in [1.165, 1.54) is 17.4 Å². The van der Waals surface area contributed by atoms with E-state index in [1.54, 1.807) is 0 Å². The Morgan fingerprint density at radius 2 is 2.08 bits per heavy atom. The highest BCUT2D eigenvalue weighted by atomic mass is 32.1. The van der Waals surface area contributed by atoms with Crippen molar-refractivity contribution in [1.29, 1.82) is 0 Å². The number of amides is 1. The van der Waals surface area contributed by atoms with Crippen LogP contribution in [0.3, 0.4) is 0 Å². The predicted octanol–water partition coefficient (Wildman–Crippen LogP) is 3.06. The minimum Gasteiger partial charge on any atom is -0.325 e. The highest BCUT2D eigenvalue weighted by molar-refractivity contribution is 7.22. The van der Waals surface area contributed by atoms with E-state index in [4.69, 9.17) is 0 Å². The molecule has 25 heavy (non-hydrogen) atoms. The molecular weight excluding hydrogens is 338 g/mol. The number of nitrogens with one attached hydrogen (secondary N) is 2. The van der Waals surface area contributed by atoms with E-state index in [0.717, 1.165) is 22.2 Å². The molecule has 2 aromatic heterocycles. The molecule has 2 heterocycles. The molecule has 7 heteroatoms. The van der Waals surface area contributed by atoms with Crippen molar-refractivity contribution in [2.75, 3.05) is 5.32 Å². The lowest BCUT2D eigenvalue weighted by Gasteiger charge is -2.14. The molecule has 2 N–H and O–H groups in total. The van der Waals surface area contributed by atoms with Crippen LogP contribution in [0.25, 0.3) is 10.2 Å². The number of pyridine rings is 1. The molecule has 3 aromatic rings. The van der Waals surface area contributed by atoms with Gasteiger partial charge in [0.2, 0.25) is 0 Å². The van der Waals surface area contributed by atoms with Gasteiger partial charge in [0.15, 0.2) is 10.9 Å². The van der Waals surface area contributed by atoms with Crippen molar-refractivity contribution in [3.8, 4) is 0 Å². The quantitative estimate of drug-likeness (QED) is 0.741. The molecular formula is C18H15N3O3S. The van der Waals surface area contributed by atoms with Gasteiger partial charge < -0.3 is 4.98 Å². The Morgan fingerprint density at radius 3 is 2.92 bits per heavy atom. The van der Waals surface area contributed by atoms with Crippen LogP contribution in [0.5, 0.6) is 0 Å².